The zero-order valence-corrected chi connectivity index (χ0v) is 12.8. The van der Waals surface area contributed by atoms with Crippen molar-refractivity contribution in [2.24, 2.45) is 0 Å². The quantitative estimate of drug-likeness (QED) is 0.710. The van der Waals surface area contributed by atoms with Crippen LogP contribution in [0.4, 0.5) is 8.78 Å². The Kier molecular flexibility index (Phi) is 5.34. The lowest BCUT2D eigenvalue weighted by atomic mass is 9.94. The average Bonchev–Trinajstić information content (AvgIpc) is 2.44. The summed E-state index contributed by atoms with van der Waals surface area (Å²) in [7, 11) is 0. The van der Waals surface area contributed by atoms with Crippen LogP contribution in [-0.2, 0) is 6.54 Å². The van der Waals surface area contributed by atoms with Gasteiger partial charge in [0.2, 0.25) is 0 Å². The molecule has 1 fully saturated rings. The Morgan fingerprint density at radius 1 is 1.21 bits per heavy atom. The highest BCUT2D eigenvalue weighted by atomic mass is 79.9. The van der Waals surface area contributed by atoms with Crippen LogP contribution in [0, 0.1) is 11.6 Å². The monoisotopic (exact) mass is 331 g/mol. The lowest BCUT2D eigenvalue weighted by Crippen LogP contribution is -2.36. The molecule has 106 valence electrons. The summed E-state index contributed by atoms with van der Waals surface area (Å²) >= 11 is 3.13. The first kappa shape index (κ1) is 14.9. The van der Waals surface area contributed by atoms with E-state index in [4.69, 9.17) is 0 Å². The Balaban J connectivity index is 2.15. The SMILES string of the molecule is CCN(Cc1c(F)ccc(Br)c1F)C1CCCCC1. The number of halogens is 3. The molecule has 4 heteroatoms. The Labute approximate surface area is 122 Å². The summed E-state index contributed by atoms with van der Waals surface area (Å²) in [5, 5.41) is 0. The van der Waals surface area contributed by atoms with Crippen molar-refractivity contribution in [2.45, 2.75) is 51.6 Å². The Hall–Kier alpha value is -0.480. The molecule has 0 unspecified atom stereocenters. The fourth-order valence-electron chi connectivity index (χ4n) is 2.86. The van der Waals surface area contributed by atoms with Gasteiger partial charge in [-0.15, -0.1) is 0 Å². The molecule has 0 saturated heterocycles. The maximum atomic E-state index is 14.0. The van der Waals surface area contributed by atoms with E-state index in [1.54, 1.807) is 0 Å². The van der Waals surface area contributed by atoms with Crippen LogP contribution in [0.2, 0.25) is 0 Å². The lowest BCUT2D eigenvalue weighted by molar-refractivity contribution is 0.152. The van der Waals surface area contributed by atoms with E-state index in [2.05, 4.69) is 27.8 Å². The predicted octanol–water partition coefficient (Wildman–Crippen LogP) is 4.88. The van der Waals surface area contributed by atoms with Crippen molar-refractivity contribution in [1.29, 1.82) is 0 Å². The maximum absolute atomic E-state index is 14.0. The van der Waals surface area contributed by atoms with Crippen LogP contribution in [0.5, 0.6) is 0 Å². The molecule has 1 aromatic carbocycles. The summed E-state index contributed by atoms with van der Waals surface area (Å²) in [6, 6.07) is 3.22. The predicted molar refractivity (Wildman–Crippen MR) is 77.0 cm³/mol. The second-order valence-corrected chi connectivity index (χ2v) is 6.03. The molecule has 1 nitrogen and oxygen atoms in total. The normalized spacial score (nSPS) is 17.1. The highest BCUT2D eigenvalue weighted by Crippen LogP contribution is 2.27. The van der Waals surface area contributed by atoms with E-state index < -0.39 is 11.6 Å². The summed E-state index contributed by atoms with van der Waals surface area (Å²) in [6.45, 7) is 3.25. The van der Waals surface area contributed by atoms with Crippen molar-refractivity contribution in [1.82, 2.24) is 4.90 Å². The van der Waals surface area contributed by atoms with Gasteiger partial charge in [0.25, 0.3) is 0 Å². The third-order valence-corrected chi connectivity index (χ3v) is 4.61. The van der Waals surface area contributed by atoms with Gasteiger partial charge < -0.3 is 0 Å². The van der Waals surface area contributed by atoms with Gasteiger partial charge in [0.05, 0.1) is 4.47 Å². The van der Waals surface area contributed by atoms with Gasteiger partial charge in [0.15, 0.2) is 0 Å². The maximum Gasteiger partial charge on any atom is 0.144 e. The first-order chi connectivity index (χ1) is 9.13. The van der Waals surface area contributed by atoms with Crippen LogP contribution < -0.4 is 0 Å². The molecule has 1 saturated carbocycles. The van der Waals surface area contributed by atoms with Gasteiger partial charge in [-0.25, -0.2) is 8.78 Å². The van der Waals surface area contributed by atoms with Crippen LogP contribution in [0.15, 0.2) is 16.6 Å². The minimum atomic E-state index is -0.464. The van der Waals surface area contributed by atoms with Gasteiger partial charge in [-0.1, -0.05) is 26.2 Å². The molecule has 0 amide bonds. The largest absolute Gasteiger partial charge is 0.296 e. The van der Waals surface area contributed by atoms with Crippen molar-refractivity contribution in [3.8, 4) is 0 Å². The first-order valence-corrected chi connectivity index (χ1v) is 7.79. The minimum absolute atomic E-state index is 0.182. The second-order valence-electron chi connectivity index (χ2n) is 5.18. The van der Waals surface area contributed by atoms with Crippen molar-refractivity contribution in [2.75, 3.05) is 6.54 Å². The molecule has 2 rings (SSSR count). The standard InChI is InChI=1S/C15H20BrF2N/c1-2-19(11-6-4-3-5-7-11)10-12-14(17)9-8-13(16)15(12)18/h8-9,11H,2-7,10H2,1H3. The van der Waals surface area contributed by atoms with Gasteiger partial charge in [0, 0.05) is 18.2 Å². The number of rotatable bonds is 4. The molecule has 1 aliphatic rings. The van der Waals surface area contributed by atoms with Gasteiger partial charge >= 0.3 is 0 Å². The first-order valence-electron chi connectivity index (χ1n) is 7.00. The molecule has 0 bridgehead atoms. The van der Waals surface area contributed by atoms with Crippen molar-refractivity contribution in [3.63, 3.8) is 0 Å². The number of hydrogen-bond donors (Lipinski definition) is 0. The molecule has 0 aliphatic heterocycles. The third kappa shape index (κ3) is 3.54. The Bertz CT molecular complexity index is 430. The van der Waals surface area contributed by atoms with Crippen LogP contribution in [0.3, 0.4) is 0 Å². The highest BCUT2D eigenvalue weighted by Gasteiger charge is 2.22. The van der Waals surface area contributed by atoms with Crippen LogP contribution in [0.25, 0.3) is 0 Å². The molecular weight excluding hydrogens is 312 g/mol. The molecule has 1 aromatic rings. The summed E-state index contributed by atoms with van der Waals surface area (Å²) in [6.07, 6.45) is 6.03. The molecule has 0 aromatic heterocycles. The van der Waals surface area contributed by atoms with E-state index in [0.717, 1.165) is 19.4 Å². The molecule has 0 N–H and O–H groups in total. The fraction of sp³-hybridized carbons (Fsp3) is 0.600. The highest BCUT2D eigenvalue weighted by molar-refractivity contribution is 9.10. The van der Waals surface area contributed by atoms with Gasteiger partial charge in [-0.3, -0.25) is 4.90 Å². The number of nitrogens with zero attached hydrogens (tertiary/aromatic N) is 1. The van der Waals surface area contributed by atoms with Crippen molar-refractivity contribution < 1.29 is 8.78 Å². The Morgan fingerprint density at radius 3 is 2.53 bits per heavy atom. The molecule has 0 spiro atoms. The zero-order valence-electron chi connectivity index (χ0n) is 11.3. The average molecular weight is 332 g/mol. The summed E-state index contributed by atoms with van der Waals surface area (Å²) < 4.78 is 28.2. The van der Waals surface area contributed by atoms with E-state index >= 15 is 0 Å². The van der Waals surface area contributed by atoms with E-state index in [-0.39, 0.29) is 5.56 Å². The van der Waals surface area contributed by atoms with E-state index in [9.17, 15) is 8.78 Å². The molecule has 0 heterocycles. The zero-order chi connectivity index (χ0) is 13.8. The van der Waals surface area contributed by atoms with Gasteiger partial charge in [-0.05, 0) is 47.4 Å². The topological polar surface area (TPSA) is 3.24 Å². The third-order valence-electron chi connectivity index (χ3n) is 4.00. The molecule has 0 radical (unpaired) electrons. The lowest BCUT2D eigenvalue weighted by Gasteiger charge is -2.33. The molecule has 0 atom stereocenters. The summed E-state index contributed by atoms with van der Waals surface area (Å²) in [5.41, 5.74) is 0.182. The second kappa shape index (κ2) is 6.80. The number of benzene rings is 1. The summed E-state index contributed by atoms with van der Waals surface area (Å²) in [5.74, 6) is -0.913. The Morgan fingerprint density at radius 2 is 1.89 bits per heavy atom. The summed E-state index contributed by atoms with van der Waals surface area (Å²) in [4.78, 5) is 2.20. The van der Waals surface area contributed by atoms with E-state index in [0.29, 0.717) is 17.1 Å². The van der Waals surface area contributed by atoms with E-state index in [1.807, 2.05) is 0 Å². The van der Waals surface area contributed by atoms with Crippen molar-refractivity contribution in [3.05, 3.63) is 33.8 Å². The number of hydrogen-bond acceptors (Lipinski definition) is 1. The van der Waals surface area contributed by atoms with Crippen LogP contribution >= 0.6 is 15.9 Å². The van der Waals surface area contributed by atoms with E-state index in [1.165, 1.54) is 31.4 Å². The minimum Gasteiger partial charge on any atom is -0.296 e. The van der Waals surface area contributed by atoms with Crippen LogP contribution in [-0.4, -0.2) is 17.5 Å². The van der Waals surface area contributed by atoms with Gasteiger partial charge in [-0.2, -0.15) is 0 Å². The van der Waals surface area contributed by atoms with Crippen molar-refractivity contribution >= 4 is 15.9 Å². The fourth-order valence-corrected chi connectivity index (χ4v) is 3.23. The molecule has 19 heavy (non-hydrogen) atoms. The smallest absolute Gasteiger partial charge is 0.144 e. The molecule has 1 aliphatic carbocycles. The molecular formula is C15H20BrF2N. The van der Waals surface area contributed by atoms with Crippen LogP contribution in [0.1, 0.15) is 44.6 Å². The van der Waals surface area contributed by atoms with Gasteiger partial charge in [0.1, 0.15) is 11.6 Å².